The predicted octanol–water partition coefficient (Wildman–Crippen LogP) is 4.92. The van der Waals surface area contributed by atoms with Gasteiger partial charge in [-0.1, -0.05) is 23.7 Å². The summed E-state index contributed by atoms with van der Waals surface area (Å²) in [6.45, 7) is 0. The molecule has 0 spiro atoms. The minimum Gasteiger partial charge on any atom is -0.318 e. The minimum absolute atomic E-state index is 0.195. The third-order valence-corrected chi connectivity index (χ3v) is 4.43. The summed E-state index contributed by atoms with van der Waals surface area (Å²) in [5.74, 6) is -2.12. The lowest BCUT2D eigenvalue weighted by Crippen LogP contribution is -2.29. The van der Waals surface area contributed by atoms with E-state index >= 15 is 0 Å². The van der Waals surface area contributed by atoms with Crippen molar-refractivity contribution >= 4 is 34.8 Å². The predicted molar refractivity (Wildman–Crippen MR) is 107 cm³/mol. The van der Waals surface area contributed by atoms with E-state index in [0.29, 0.717) is 18.2 Å². The van der Waals surface area contributed by atoms with Crippen molar-refractivity contribution in [2.24, 2.45) is 0 Å². The second kappa shape index (κ2) is 8.96. The number of benzene rings is 2. The Morgan fingerprint density at radius 3 is 1.97 bits per heavy atom. The first-order valence-electron chi connectivity index (χ1n) is 8.69. The molecule has 1 heterocycles. The zero-order valence-electron chi connectivity index (χ0n) is 15.3. The van der Waals surface area contributed by atoms with E-state index in [1.54, 1.807) is 36.7 Å². The van der Waals surface area contributed by atoms with E-state index < -0.39 is 28.6 Å². The fraction of sp³-hybridized carbons (Fsp3) is 0.0952. The van der Waals surface area contributed by atoms with E-state index in [0.717, 1.165) is 17.2 Å². The number of carbonyl (C=O) groups is 2. The lowest BCUT2D eigenvalue weighted by Gasteiger charge is -2.12. The molecule has 3 rings (SSSR count). The number of carbonyl (C=O) groups excluding carboxylic acids is 2. The molecule has 5 nitrogen and oxygen atoms in total. The third kappa shape index (κ3) is 5.57. The molecule has 0 radical (unpaired) electrons. The van der Waals surface area contributed by atoms with E-state index in [1.165, 1.54) is 6.07 Å². The first-order chi connectivity index (χ1) is 14.2. The van der Waals surface area contributed by atoms with Crippen molar-refractivity contribution in [3.63, 3.8) is 0 Å². The number of nitrogens with one attached hydrogen (secondary N) is 2. The summed E-state index contributed by atoms with van der Waals surface area (Å²) in [4.78, 5) is 28.0. The molecule has 0 fully saturated rings. The van der Waals surface area contributed by atoms with E-state index in [1.807, 2.05) is 12.1 Å². The van der Waals surface area contributed by atoms with Gasteiger partial charge in [-0.15, -0.1) is 0 Å². The molecule has 0 unspecified atom stereocenters. The van der Waals surface area contributed by atoms with Crippen molar-refractivity contribution < 1.29 is 22.8 Å². The maximum atomic E-state index is 12.9. The molecule has 0 aliphatic heterocycles. The van der Waals surface area contributed by atoms with Crippen LogP contribution in [-0.4, -0.2) is 16.8 Å². The molecule has 0 bridgehead atoms. The number of halogens is 4. The van der Waals surface area contributed by atoms with Crippen molar-refractivity contribution in [3.05, 3.63) is 88.7 Å². The molecule has 2 aromatic carbocycles. The molecular formula is C21H15ClF3N3O2. The van der Waals surface area contributed by atoms with Crippen LogP contribution in [0.2, 0.25) is 5.02 Å². The normalized spacial score (nSPS) is 11.1. The van der Waals surface area contributed by atoms with Crippen LogP contribution in [0, 0.1) is 0 Å². The number of hydrogen-bond donors (Lipinski definition) is 2. The number of pyridine rings is 1. The Morgan fingerprint density at radius 1 is 0.833 bits per heavy atom. The lowest BCUT2D eigenvalue weighted by molar-refractivity contribution is -0.137. The lowest BCUT2D eigenvalue weighted by atomic mass is 10.1. The van der Waals surface area contributed by atoms with Gasteiger partial charge in [0, 0.05) is 23.8 Å². The van der Waals surface area contributed by atoms with Gasteiger partial charge in [0.05, 0.1) is 10.6 Å². The molecule has 1 aromatic heterocycles. The third-order valence-electron chi connectivity index (χ3n) is 4.11. The number of hydrogen-bond acceptors (Lipinski definition) is 3. The summed E-state index contributed by atoms with van der Waals surface area (Å²) in [5.41, 5.74) is 1.14. The van der Waals surface area contributed by atoms with E-state index in [9.17, 15) is 22.8 Å². The van der Waals surface area contributed by atoms with Gasteiger partial charge in [-0.3, -0.25) is 14.6 Å². The monoisotopic (exact) mass is 433 g/mol. The van der Waals surface area contributed by atoms with E-state index in [2.05, 4.69) is 15.6 Å². The average Bonchev–Trinajstić information content (AvgIpc) is 2.71. The molecule has 3 aromatic rings. The molecule has 30 heavy (non-hydrogen) atoms. The molecule has 0 saturated carbocycles. The van der Waals surface area contributed by atoms with Gasteiger partial charge in [-0.2, -0.15) is 13.2 Å². The Morgan fingerprint density at radius 2 is 1.37 bits per heavy atom. The molecule has 154 valence electrons. The highest BCUT2D eigenvalue weighted by atomic mass is 35.5. The summed E-state index contributed by atoms with van der Waals surface area (Å²) < 4.78 is 38.7. The van der Waals surface area contributed by atoms with Crippen molar-refractivity contribution in [1.29, 1.82) is 0 Å². The largest absolute Gasteiger partial charge is 0.417 e. The number of anilines is 2. The van der Waals surface area contributed by atoms with Gasteiger partial charge in [0.25, 0.3) is 0 Å². The molecule has 0 atom stereocenters. The Balaban J connectivity index is 1.61. The van der Waals surface area contributed by atoms with Gasteiger partial charge in [0.15, 0.2) is 0 Å². The van der Waals surface area contributed by atoms with Crippen LogP contribution in [0.5, 0.6) is 0 Å². The van der Waals surface area contributed by atoms with Gasteiger partial charge < -0.3 is 10.6 Å². The quantitative estimate of drug-likeness (QED) is 0.573. The fourth-order valence-electron chi connectivity index (χ4n) is 2.64. The SMILES string of the molecule is O=C(Nc1ccc(Cc2ccncc2)cc1)C(=O)Nc1ccc(Cl)c(C(F)(F)F)c1. The Kier molecular flexibility index (Phi) is 6.37. The van der Waals surface area contributed by atoms with E-state index in [4.69, 9.17) is 11.6 Å². The van der Waals surface area contributed by atoms with Gasteiger partial charge in [-0.25, -0.2) is 0 Å². The molecule has 0 aliphatic carbocycles. The van der Waals surface area contributed by atoms with Crippen molar-refractivity contribution in [2.75, 3.05) is 10.6 Å². The van der Waals surface area contributed by atoms with Gasteiger partial charge >= 0.3 is 18.0 Å². The highest BCUT2D eigenvalue weighted by Gasteiger charge is 2.33. The summed E-state index contributed by atoms with van der Waals surface area (Å²) in [6, 6.07) is 13.5. The summed E-state index contributed by atoms with van der Waals surface area (Å²) in [6.07, 6.45) is -0.616. The summed E-state index contributed by atoms with van der Waals surface area (Å²) in [7, 11) is 0. The number of rotatable bonds is 4. The molecule has 2 amide bonds. The minimum atomic E-state index is -4.68. The van der Waals surface area contributed by atoms with Crippen LogP contribution in [0.15, 0.2) is 67.0 Å². The molecular weight excluding hydrogens is 419 g/mol. The van der Waals surface area contributed by atoms with Crippen LogP contribution < -0.4 is 10.6 Å². The zero-order valence-corrected chi connectivity index (χ0v) is 16.1. The fourth-order valence-corrected chi connectivity index (χ4v) is 2.86. The summed E-state index contributed by atoms with van der Waals surface area (Å²) in [5, 5.41) is 4.03. The average molecular weight is 434 g/mol. The second-order valence-corrected chi connectivity index (χ2v) is 6.74. The van der Waals surface area contributed by atoms with Crippen molar-refractivity contribution in [3.8, 4) is 0 Å². The van der Waals surface area contributed by atoms with Crippen LogP contribution in [-0.2, 0) is 22.2 Å². The molecule has 2 N–H and O–H groups in total. The Bertz CT molecular complexity index is 1060. The first kappa shape index (κ1) is 21.3. The zero-order chi connectivity index (χ0) is 21.7. The van der Waals surface area contributed by atoms with Crippen molar-refractivity contribution in [2.45, 2.75) is 12.6 Å². The first-order valence-corrected chi connectivity index (χ1v) is 9.07. The maximum Gasteiger partial charge on any atom is 0.417 e. The molecule has 9 heteroatoms. The maximum absolute atomic E-state index is 12.9. The van der Waals surface area contributed by atoms with E-state index in [-0.39, 0.29) is 5.69 Å². The van der Waals surface area contributed by atoms with Crippen LogP contribution in [0.1, 0.15) is 16.7 Å². The topological polar surface area (TPSA) is 71.1 Å². The number of amides is 2. The Labute approximate surface area is 174 Å². The highest BCUT2D eigenvalue weighted by Crippen LogP contribution is 2.36. The summed E-state index contributed by atoms with van der Waals surface area (Å²) >= 11 is 5.54. The van der Waals surface area contributed by atoms with Crippen molar-refractivity contribution in [1.82, 2.24) is 4.98 Å². The van der Waals surface area contributed by atoms with Gasteiger partial charge in [0.1, 0.15) is 0 Å². The second-order valence-electron chi connectivity index (χ2n) is 6.33. The van der Waals surface area contributed by atoms with Gasteiger partial charge in [-0.05, 0) is 60.0 Å². The number of nitrogens with zero attached hydrogens (tertiary/aromatic N) is 1. The smallest absolute Gasteiger partial charge is 0.318 e. The molecule has 0 saturated heterocycles. The Hall–Kier alpha value is -3.39. The standard InChI is InChI=1S/C21H15ClF3N3O2/c22-18-6-5-16(12-17(18)21(23,24)25)28-20(30)19(29)27-15-3-1-13(2-4-15)11-14-7-9-26-10-8-14/h1-10,12H,11H2,(H,27,29)(H,28,30). The van der Waals surface area contributed by atoms with Gasteiger partial charge in [0.2, 0.25) is 0 Å². The molecule has 0 aliphatic rings. The number of aromatic nitrogens is 1. The number of alkyl halides is 3. The van der Waals surface area contributed by atoms with Crippen LogP contribution in [0.25, 0.3) is 0 Å². The highest BCUT2D eigenvalue weighted by molar-refractivity contribution is 6.43. The van der Waals surface area contributed by atoms with Crippen LogP contribution in [0.4, 0.5) is 24.5 Å². The van der Waals surface area contributed by atoms with Crippen LogP contribution in [0.3, 0.4) is 0 Å². The van der Waals surface area contributed by atoms with Crippen LogP contribution >= 0.6 is 11.6 Å².